The maximum absolute atomic E-state index is 15.0. The fraction of sp³-hybridized carbons (Fsp3) is 0.100. The van der Waals surface area contributed by atoms with E-state index in [1.165, 1.54) is 17.7 Å². The average Bonchev–Trinajstić information content (AvgIpc) is 3.87. The van der Waals surface area contributed by atoms with Crippen molar-refractivity contribution < 1.29 is 34.6 Å². The van der Waals surface area contributed by atoms with Crippen LogP contribution < -0.4 is 13.9 Å². The third kappa shape index (κ3) is 8.19. The van der Waals surface area contributed by atoms with Gasteiger partial charge in [-0.25, -0.2) is 13.8 Å². The third-order valence-corrected chi connectivity index (χ3v) is 12.3. The first-order valence-electron chi connectivity index (χ1n) is 22.3. The van der Waals surface area contributed by atoms with E-state index in [4.69, 9.17) is 9.72 Å². The van der Waals surface area contributed by atoms with Crippen molar-refractivity contribution in [2.75, 3.05) is 0 Å². The Labute approximate surface area is 408 Å². The monoisotopic (exact) mass is 1070 g/mol. The second-order valence-corrected chi connectivity index (χ2v) is 18.2. The van der Waals surface area contributed by atoms with Crippen molar-refractivity contribution in [3.05, 3.63) is 217 Å². The molecule has 0 amide bonds. The van der Waals surface area contributed by atoms with Crippen molar-refractivity contribution in [1.29, 1.82) is 0 Å². The fourth-order valence-corrected chi connectivity index (χ4v) is 9.29. The predicted octanol–water partition coefficient (Wildman–Crippen LogP) is 15.6. The summed E-state index contributed by atoms with van der Waals surface area (Å²) in [6.07, 6.45) is 1.87. The molecule has 0 radical (unpaired) electrons. The molecule has 1 aliphatic rings. The average molecular weight is 1070 g/mol. The Morgan fingerprint density at radius 2 is 1.24 bits per heavy atom. The van der Waals surface area contributed by atoms with Gasteiger partial charge < -0.3 is 9.30 Å². The van der Waals surface area contributed by atoms with Crippen LogP contribution in [0.25, 0.3) is 61.0 Å². The number of benzene rings is 8. The van der Waals surface area contributed by atoms with E-state index >= 15 is 0 Å². The predicted molar refractivity (Wildman–Crippen MR) is 268 cm³/mol. The Bertz CT molecular complexity index is 3650. The molecule has 0 spiro atoms. The fourth-order valence-electron chi connectivity index (χ4n) is 9.29. The molecule has 1 aliphatic heterocycles. The summed E-state index contributed by atoms with van der Waals surface area (Å²) < 4.78 is 42.9. The van der Waals surface area contributed by atoms with Crippen LogP contribution in [0.5, 0.6) is 11.5 Å². The van der Waals surface area contributed by atoms with Crippen molar-refractivity contribution in [3.63, 3.8) is 0 Å². The third-order valence-electron chi connectivity index (χ3n) is 12.3. The number of pyridine rings is 1. The number of hydrogen-bond acceptors (Lipinski definition) is 2. The second-order valence-electron chi connectivity index (χ2n) is 18.2. The zero-order chi connectivity index (χ0) is 46.0. The van der Waals surface area contributed by atoms with Crippen molar-refractivity contribution >= 4 is 50.6 Å². The minimum absolute atomic E-state index is 0. The Morgan fingerprint density at radius 3 is 1.97 bits per heavy atom. The van der Waals surface area contributed by atoms with Crippen LogP contribution in [0.2, 0.25) is 0 Å². The van der Waals surface area contributed by atoms with Crippen LogP contribution in [0.1, 0.15) is 37.5 Å². The molecule has 2 aromatic heterocycles. The van der Waals surface area contributed by atoms with Crippen LogP contribution >= 0.6 is 0 Å². The Hall–Kier alpha value is -7.56. The molecule has 0 unspecified atom stereocenters. The first-order chi connectivity index (χ1) is 32.4. The van der Waals surface area contributed by atoms with Gasteiger partial charge in [0.15, 0.2) is 0 Å². The number of aromatic nitrogens is 2. The van der Waals surface area contributed by atoms with Gasteiger partial charge in [0.1, 0.15) is 23.1 Å². The molecular weight excluding hydrogens is 1030 g/mol. The molecule has 11 rings (SSSR count). The normalized spacial score (nSPS) is 12.2. The van der Waals surface area contributed by atoms with Gasteiger partial charge in [-0.15, -0.1) is 29.1 Å². The summed E-state index contributed by atoms with van der Waals surface area (Å²) in [6, 6.07) is 65.7. The maximum Gasteiger partial charge on any atom is 2.00 e. The van der Waals surface area contributed by atoms with Crippen LogP contribution in [0.3, 0.4) is 0 Å². The first kappa shape index (κ1) is 44.3. The summed E-state index contributed by atoms with van der Waals surface area (Å²) >= 11 is 0. The van der Waals surface area contributed by atoms with E-state index in [2.05, 4.69) is 118 Å². The van der Waals surface area contributed by atoms with Crippen LogP contribution in [0.4, 0.5) is 31.5 Å². The minimum Gasteiger partial charge on any atom is -0.509 e. The Morgan fingerprint density at radius 1 is 0.574 bits per heavy atom. The van der Waals surface area contributed by atoms with E-state index < -0.39 is 11.6 Å². The molecule has 5 nitrogen and oxygen atoms in total. The topological polar surface area (TPSA) is 33.1 Å². The summed E-state index contributed by atoms with van der Waals surface area (Å²) in [5, 5.41) is 2.13. The van der Waals surface area contributed by atoms with Gasteiger partial charge in [-0.1, -0.05) is 139 Å². The minimum atomic E-state index is -0.655. The molecular formula is C60H44F2N4OPt+2. The van der Waals surface area contributed by atoms with E-state index in [1.54, 1.807) is 0 Å². The van der Waals surface area contributed by atoms with E-state index in [0.717, 1.165) is 84.1 Å². The van der Waals surface area contributed by atoms with E-state index in [1.807, 2.05) is 106 Å². The zero-order valence-electron chi connectivity index (χ0n) is 38.0. The van der Waals surface area contributed by atoms with E-state index in [0.29, 0.717) is 28.3 Å². The molecule has 0 aliphatic carbocycles. The molecule has 68 heavy (non-hydrogen) atoms. The summed E-state index contributed by atoms with van der Waals surface area (Å²) in [4.78, 5) is 4.87. The molecule has 0 saturated heterocycles. The summed E-state index contributed by atoms with van der Waals surface area (Å²) in [5.41, 5.74) is 13.1. The Kier molecular flexibility index (Phi) is 11.5. The quantitative estimate of drug-likeness (QED) is 0.112. The molecule has 10 aromatic rings. The molecule has 3 heterocycles. The second kappa shape index (κ2) is 17.6. The standard InChI is InChI=1S/C60H44F2N4O.Pt/c1-38-26-39(2)28-41(27-38)42-31-47(35-49(32-42)67-48-22-23-53-52-16-9-10-19-54(52)66(57(53)36-48)58-33-44(24-25-63-58)60(3,4)5)64-37-65(56-21-12-11-20-55(56)64)59-50(40-14-7-6-8-15-40)17-13-18-51(59)43-29-45(61)34-46(62)30-43;/h6-34H,1-5H3;/q;+2. The van der Waals surface area contributed by atoms with Gasteiger partial charge in [0.25, 0.3) is 11.4 Å². The number of hydrogen-bond donors (Lipinski definition) is 0. The van der Waals surface area contributed by atoms with Crippen molar-refractivity contribution in [3.8, 4) is 50.7 Å². The maximum atomic E-state index is 15.0. The van der Waals surface area contributed by atoms with Gasteiger partial charge in [-0.05, 0) is 93.9 Å². The molecule has 0 bridgehead atoms. The number of fused-ring (bicyclic) bond motifs is 4. The van der Waals surface area contributed by atoms with Gasteiger partial charge in [0.2, 0.25) is 5.69 Å². The van der Waals surface area contributed by atoms with Gasteiger partial charge >= 0.3 is 27.1 Å². The molecule has 8 heteroatoms. The van der Waals surface area contributed by atoms with Gasteiger partial charge in [-0.2, -0.15) is 6.07 Å². The summed E-state index contributed by atoms with van der Waals surface area (Å²) in [5.74, 6) is 0.495. The number of halogens is 2. The molecule has 0 saturated carbocycles. The van der Waals surface area contributed by atoms with Crippen LogP contribution in [0.15, 0.2) is 176 Å². The van der Waals surface area contributed by atoms with E-state index in [-0.39, 0.29) is 26.5 Å². The van der Waals surface area contributed by atoms with Crippen LogP contribution in [-0.4, -0.2) is 15.6 Å². The van der Waals surface area contributed by atoms with Crippen LogP contribution in [0, 0.1) is 37.6 Å². The van der Waals surface area contributed by atoms with Gasteiger partial charge in [-0.3, -0.25) is 0 Å². The largest absolute Gasteiger partial charge is 2.00 e. The molecule has 0 fully saturated rings. The Balaban J connectivity index is 0.00000539. The van der Waals surface area contributed by atoms with E-state index in [9.17, 15) is 8.78 Å². The number of nitrogens with zero attached hydrogens (tertiary/aromatic N) is 4. The van der Waals surface area contributed by atoms with Gasteiger partial charge in [0.05, 0.1) is 11.1 Å². The molecule has 0 N–H and O–H groups in total. The van der Waals surface area contributed by atoms with Crippen LogP contribution in [-0.2, 0) is 26.5 Å². The van der Waals surface area contributed by atoms with Crippen molar-refractivity contribution in [2.45, 2.75) is 40.0 Å². The SMILES string of the molecule is Cc1cc(C)cc(-c2cc(Oc3[c-]c4c(cc3)c3ccccc3n4-c3cc(C(C)(C)C)ccn3)[c-]c([N+]3=C=[N+](c4c(-c5ccccc5)cccc4-c4cc(F)cc(F)c4)c4ccccc43)c2)c1.[Pt+2]. The number of para-hydroxylation sites is 4. The molecule has 332 valence electrons. The molecule has 8 aromatic carbocycles. The number of rotatable bonds is 8. The van der Waals surface area contributed by atoms with Crippen molar-refractivity contribution in [2.24, 2.45) is 0 Å². The number of ether oxygens (including phenoxy) is 1. The van der Waals surface area contributed by atoms with Crippen molar-refractivity contribution in [1.82, 2.24) is 18.7 Å². The van der Waals surface area contributed by atoms with Gasteiger partial charge in [0, 0.05) is 41.4 Å². The summed E-state index contributed by atoms with van der Waals surface area (Å²) in [6.45, 7) is 10.8. The first-order valence-corrected chi connectivity index (χ1v) is 22.3. The summed E-state index contributed by atoms with van der Waals surface area (Å²) in [7, 11) is 0. The molecule has 0 atom stereocenters. The smallest absolute Gasteiger partial charge is 0.509 e. The zero-order valence-corrected chi connectivity index (χ0v) is 40.3. The number of aryl methyl sites for hydroxylation is 2.